The number of amides is 1. The largest absolute Gasteiger partial charge is 0.396 e. The van der Waals surface area contributed by atoms with Gasteiger partial charge in [-0.1, -0.05) is 31.5 Å². The van der Waals surface area contributed by atoms with E-state index in [1.807, 2.05) is 0 Å². The molecule has 0 bridgehead atoms. The fourth-order valence-electron chi connectivity index (χ4n) is 2.97. The highest BCUT2D eigenvalue weighted by molar-refractivity contribution is 7.99. The van der Waals surface area contributed by atoms with Crippen molar-refractivity contribution >= 4 is 17.7 Å². The lowest BCUT2D eigenvalue weighted by atomic mass is 9.86. The molecule has 0 aliphatic heterocycles. The number of H-pyrrole nitrogens is 1. The van der Waals surface area contributed by atoms with Crippen LogP contribution in [0.15, 0.2) is 9.95 Å². The van der Waals surface area contributed by atoms with Gasteiger partial charge in [-0.05, 0) is 25.7 Å². The van der Waals surface area contributed by atoms with Crippen molar-refractivity contribution in [1.29, 1.82) is 0 Å². The topological polar surface area (TPSA) is 95.1 Å². The first kappa shape index (κ1) is 18.0. The SMILES string of the molecule is Cc1nc(SCC(=O)N[C@H]2CCCC[C@@H]2C)[nH]c(=O)c1CCO. The Labute approximate surface area is 140 Å². The molecule has 0 spiro atoms. The number of carbonyl (C=O) groups excluding carboxylic acids is 1. The number of hydrogen-bond acceptors (Lipinski definition) is 5. The second kappa shape index (κ2) is 8.49. The second-order valence-electron chi connectivity index (χ2n) is 6.13. The molecular weight excluding hydrogens is 314 g/mol. The summed E-state index contributed by atoms with van der Waals surface area (Å²) < 4.78 is 0. The van der Waals surface area contributed by atoms with Gasteiger partial charge in [-0.2, -0.15) is 0 Å². The number of nitrogens with one attached hydrogen (secondary N) is 2. The highest BCUT2D eigenvalue weighted by atomic mass is 32.2. The van der Waals surface area contributed by atoms with Gasteiger partial charge in [0.25, 0.3) is 5.56 Å². The van der Waals surface area contributed by atoms with Crippen LogP contribution in [0.4, 0.5) is 0 Å². The summed E-state index contributed by atoms with van der Waals surface area (Å²) in [4.78, 5) is 31.0. The average molecular weight is 339 g/mol. The number of aliphatic hydroxyl groups is 1. The molecule has 1 amide bonds. The van der Waals surface area contributed by atoms with E-state index in [2.05, 4.69) is 22.2 Å². The molecule has 0 unspecified atom stereocenters. The number of aromatic amines is 1. The van der Waals surface area contributed by atoms with Crippen LogP contribution in [0.2, 0.25) is 0 Å². The van der Waals surface area contributed by atoms with Gasteiger partial charge in [-0.15, -0.1) is 0 Å². The minimum Gasteiger partial charge on any atom is -0.396 e. The molecule has 0 saturated heterocycles. The maximum Gasteiger partial charge on any atom is 0.255 e. The van der Waals surface area contributed by atoms with Crippen molar-refractivity contribution in [3.05, 3.63) is 21.6 Å². The van der Waals surface area contributed by atoms with Crippen molar-refractivity contribution in [1.82, 2.24) is 15.3 Å². The Morgan fingerprint density at radius 2 is 2.17 bits per heavy atom. The normalized spacial score (nSPS) is 21.2. The van der Waals surface area contributed by atoms with Crippen LogP contribution in [-0.4, -0.2) is 39.4 Å². The third kappa shape index (κ3) is 5.07. The Balaban J connectivity index is 1.90. The Hall–Kier alpha value is -1.34. The zero-order valence-corrected chi connectivity index (χ0v) is 14.5. The number of thioether (sulfide) groups is 1. The van der Waals surface area contributed by atoms with E-state index in [1.165, 1.54) is 31.0 Å². The molecule has 6 nitrogen and oxygen atoms in total. The van der Waals surface area contributed by atoms with E-state index >= 15 is 0 Å². The van der Waals surface area contributed by atoms with Gasteiger partial charge in [-0.25, -0.2) is 4.98 Å². The molecule has 1 fully saturated rings. The third-order valence-corrected chi connectivity index (χ3v) is 5.23. The lowest BCUT2D eigenvalue weighted by Crippen LogP contribution is -2.41. The van der Waals surface area contributed by atoms with Crippen molar-refractivity contribution in [2.45, 2.75) is 57.1 Å². The number of rotatable bonds is 6. The van der Waals surface area contributed by atoms with Crippen LogP contribution in [-0.2, 0) is 11.2 Å². The fraction of sp³-hybridized carbons (Fsp3) is 0.688. The zero-order valence-electron chi connectivity index (χ0n) is 13.7. The van der Waals surface area contributed by atoms with Crippen LogP contribution in [0.1, 0.15) is 43.9 Å². The summed E-state index contributed by atoms with van der Waals surface area (Å²) in [5.74, 6) is 0.745. The zero-order chi connectivity index (χ0) is 16.8. The Kier molecular flexibility index (Phi) is 6.65. The van der Waals surface area contributed by atoms with E-state index in [1.54, 1.807) is 6.92 Å². The summed E-state index contributed by atoms with van der Waals surface area (Å²) in [5.41, 5.74) is 0.860. The number of aryl methyl sites for hydroxylation is 1. The van der Waals surface area contributed by atoms with E-state index in [-0.39, 0.29) is 29.9 Å². The molecule has 1 aliphatic carbocycles. The summed E-state index contributed by atoms with van der Waals surface area (Å²) >= 11 is 1.23. The molecule has 2 rings (SSSR count). The lowest BCUT2D eigenvalue weighted by molar-refractivity contribution is -0.119. The fourth-order valence-corrected chi connectivity index (χ4v) is 3.69. The van der Waals surface area contributed by atoms with Gasteiger partial charge in [0.05, 0.1) is 5.75 Å². The van der Waals surface area contributed by atoms with Crippen molar-refractivity contribution in [2.24, 2.45) is 5.92 Å². The molecule has 1 aromatic heterocycles. The van der Waals surface area contributed by atoms with Crippen LogP contribution in [0.3, 0.4) is 0 Å². The average Bonchev–Trinajstić information content (AvgIpc) is 2.51. The Morgan fingerprint density at radius 3 is 2.83 bits per heavy atom. The minimum absolute atomic E-state index is 0.0199. The summed E-state index contributed by atoms with van der Waals surface area (Å²) in [5, 5.41) is 12.5. The first-order valence-corrected chi connectivity index (χ1v) is 9.12. The first-order valence-electron chi connectivity index (χ1n) is 8.14. The van der Waals surface area contributed by atoms with E-state index < -0.39 is 0 Å². The molecule has 1 heterocycles. The molecule has 1 aliphatic rings. The number of aliphatic hydroxyl groups excluding tert-OH is 1. The van der Waals surface area contributed by atoms with Gasteiger partial charge in [0.1, 0.15) is 0 Å². The predicted octanol–water partition coefficient (Wildman–Crippen LogP) is 1.40. The molecule has 1 aromatic rings. The number of nitrogens with zero attached hydrogens (tertiary/aromatic N) is 1. The van der Waals surface area contributed by atoms with Gasteiger partial charge >= 0.3 is 0 Å². The molecule has 0 radical (unpaired) electrons. The molecule has 2 atom stereocenters. The van der Waals surface area contributed by atoms with Gasteiger partial charge < -0.3 is 15.4 Å². The quantitative estimate of drug-likeness (QED) is 0.538. The summed E-state index contributed by atoms with van der Waals surface area (Å²) in [7, 11) is 0. The third-order valence-electron chi connectivity index (χ3n) is 4.36. The monoisotopic (exact) mass is 339 g/mol. The predicted molar refractivity (Wildman–Crippen MR) is 90.7 cm³/mol. The minimum atomic E-state index is -0.240. The van der Waals surface area contributed by atoms with E-state index in [0.717, 1.165) is 6.42 Å². The van der Waals surface area contributed by atoms with Gasteiger partial charge in [0.2, 0.25) is 5.91 Å². The van der Waals surface area contributed by atoms with Gasteiger partial charge in [-0.3, -0.25) is 9.59 Å². The molecule has 7 heteroatoms. The highest BCUT2D eigenvalue weighted by Gasteiger charge is 2.22. The van der Waals surface area contributed by atoms with Crippen molar-refractivity contribution in [3.8, 4) is 0 Å². The first-order chi connectivity index (χ1) is 11.0. The van der Waals surface area contributed by atoms with Crippen LogP contribution in [0.5, 0.6) is 0 Å². The lowest BCUT2D eigenvalue weighted by Gasteiger charge is -2.29. The van der Waals surface area contributed by atoms with Gasteiger partial charge in [0.15, 0.2) is 5.16 Å². The molecule has 0 aromatic carbocycles. The van der Waals surface area contributed by atoms with Crippen LogP contribution < -0.4 is 10.9 Å². The number of carbonyl (C=O) groups is 1. The van der Waals surface area contributed by atoms with Crippen molar-refractivity contribution in [2.75, 3.05) is 12.4 Å². The Morgan fingerprint density at radius 1 is 1.43 bits per heavy atom. The van der Waals surface area contributed by atoms with E-state index in [4.69, 9.17) is 5.11 Å². The molecular formula is C16H25N3O3S. The molecule has 1 saturated carbocycles. The van der Waals surface area contributed by atoms with Gasteiger partial charge in [0, 0.05) is 30.3 Å². The van der Waals surface area contributed by atoms with Crippen molar-refractivity contribution < 1.29 is 9.90 Å². The molecule has 3 N–H and O–H groups in total. The maximum atomic E-state index is 12.1. The number of hydrogen-bond donors (Lipinski definition) is 3. The van der Waals surface area contributed by atoms with Crippen molar-refractivity contribution in [3.63, 3.8) is 0 Å². The van der Waals surface area contributed by atoms with E-state index in [0.29, 0.717) is 28.8 Å². The smallest absolute Gasteiger partial charge is 0.255 e. The standard InChI is InChI=1S/C16H25N3O3S/c1-10-5-3-4-6-13(10)18-14(21)9-23-16-17-11(2)12(7-8-20)15(22)19-16/h10,13,20H,3-9H2,1-2H3,(H,18,21)(H,17,19,22)/t10-,13-/m0/s1. The maximum absolute atomic E-state index is 12.1. The van der Waals surface area contributed by atoms with E-state index in [9.17, 15) is 9.59 Å². The van der Waals surface area contributed by atoms with Crippen LogP contribution in [0.25, 0.3) is 0 Å². The highest BCUT2D eigenvalue weighted by Crippen LogP contribution is 2.24. The molecule has 23 heavy (non-hydrogen) atoms. The Bertz CT molecular complexity index is 603. The second-order valence-corrected chi connectivity index (χ2v) is 7.10. The van der Waals surface area contributed by atoms with Crippen LogP contribution >= 0.6 is 11.8 Å². The van der Waals surface area contributed by atoms with Crippen LogP contribution in [0, 0.1) is 12.8 Å². The summed E-state index contributed by atoms with van der Waals surface area (Å²) in [6.07, 6.45) is 4.91. The molecule has 128 valence electrons. The summed E-state index contributed by atoms with van der Waals surface area (Å²) in [6.45, 7) is 3.84. The number of aromatic nitrogens is 2. The summed E-state index contributed by atoms with van der Waals surface area (Å²) in [6, 6.07) is 0.262.